The second kappa shape index (κ2) is 9.42. The van der Waals surface area contributed by atoms with Gasteiger partial charge in [-0.3, -0.25) is 19.3 Å². The van der Waals surface area contributed by atoms with Crippen LogP contribution in [0.5, 0.6) is 0 Å². The molecule has 0 N–H and O–H groups in total. The molecule has 1 unspecified atom stereocenters. The van der Waals surface area contributed by atoms with Gasteiger partial charge in [0.15, 0.2) is 0 Å². The van der Waals surface area contributed by atoms with Gasteiger partial charge in [-0.2, -0.15) is 18.4 Å². The molecule has 198 valence electrons. The van der Waals surface area contributed by atoms with Crippen molar-refractivity contribution in [1.82, 2.24) is 9.80 Å². The van der Waals surface area contributed by atoms with E-state index in [0.29, 0.717) is 5.56 Å². The van der Waals surface area contributed by atoms with Gasteiger partial charge < -0.3 is 9.80 Å². The lowest BCUT2D eigenvalue weighted by Crippen LogP contribution is -2.69. The van der Waals surface area contributed by atoms with Crippen LogP contribution in [0.15, 0.2) is 42.5 Å². The first-order valence-electron chi connectivity index (χ1n) is 12.3. The third kappa shape index (κ3) is 4.38. The molecule has 2 aromatic carbocycles. The van der Waals surface area contributed by atoms with Gasteiger partial charge in [0.05, 0.1) is 29.4 Å². The minimum absolute atomic E-state index is 0.0545. The predicted octanol–water partition coefficient (Wildman–Crippen LogP) is 3.86. The topological polar surface area (TPSA) is 84.7 Å². The first kappa shape index (κ1) is 25.7. The molecule has 1 saturated carbocycles. The van der Waals surface area contributed by atoms with Crippen molar-refractivity contribution in [1.29, 1.82) is 5.26 Å². The molecule has 1 atom stereocenters. The third-order valence-electron chi connectivity index (χ3n) is 7.76. The number of piperazine rings is 1. The van der Waals surface area contributed by atoms with E-state index in [9.17, 15) is 31.9 Å². The van der Waals surface area contributed by atoms with Gasteiger partial charge in [-0.25, -0.2) is 4.39 Å². The summed E-state index contributed by atoms with van der Waals surface area (Å²) in [4.78, 5) is 44.5. The number of hydrogen-bond donors (Lipinski definition) is 0. The fraction of sp³-hybridized carbons (Fsp3) is 0.407. The lowest BCUT2D eigenvalue weighted by molar-refractivity contribution is -0.152. The van der Waals surface area contributed by atoms with Crippen LogP contribution in [-0.4, -0.2) is 52.7 Å². The molecule has 7 nitrogen and oxygen atoms in total. The largest absolute Gasteiger partial charge is 0.416 e. The standard InChI is InChI=1S/C27H24F4N4O3/c28-21-12-18(13-32)6-9-22(21)34-15-23(36)35(14-17-4-7-20(8-5-17)27(29,30)31)26(25(34)38)10-11-33(16-26)24(37)19-2-1-3-19/h4-9,12,19H,1-3,10-11,14-16H2. The number of benzene rings is 2. The minimum atomic E-state index is -4.52. The molecule has 2 heterocycles. The molecule has 0 aromatic heterocycles. The molecule has 5 rings (SSSR count). The Morgan fingerprint density at radius 2 is 1.82 bits per heavy atom. The van der Waals surface area contributed by atoms with Crippen LogP contribution < -0.4 is 4.90 Å². The van der Waals surface area contributed by atoms with Crippen LogP contribution in [0, 0.1) is 23.1 Å². The monoisotopic (exact) mass is 528 g/mol. The van der Waals surface area contributed by atoms with Gasteiger partial charge in [0.2, 0.25) is 11.8 Å². The number of hydrogen-bond acceptors (Lipinski definition) is 4. The first-order chi connectivity index (χ1) is 18.0. The number of anilines is 1. The van der Waals surface area contributed by atoms with Gasteiger partial charge in [-0.1, -0.05) is 18.6 Å². The summed E-state index contributed by atoms with van der Waals surface area (Å²) in [5.41, 5.74) is -2.05. The third-order valence-corrected chi connectivity index (χ3v) is 7.76. The van der Waals surface area contributed by atoms with Gasteiger partial charge in [0, 0.05) is 19.0 Å². The quantitative estimate of drug-likeness (QED) is 0.565. The van der Waals surface area contributed by atoms with Crippen molar-refractivity contribution in [2.24, 2.45) is 5.92 Å². The molecule has 2 aliphatic heterocycles. The summed E-state index contributed by atoms with van der Waals surface area (Å²) in [6.07, 6.45) is -1.94. The van der Waals surface area contributed by atoms with Gasteiger partial charge in [-0.05, 0) is 55.2 Å². The lowest BCUT2D eigenvalue weighted by Gasteiger charge is -2.47. The molecule has 2 saturated heterocycles. The first-order valence-corrected chi connectivity index (χ1v) is 12.3. The van der Waals surface area contributed by atoms with Crippen LogP contribution in [-0.2, 0) is 27.1 Å². The maximum Gasteiger partial charge on any atom is 0.416 e. The summed E-state index contributed by atoms with van der Waals surface area (Å²) >= 11 is 0. The van der Waals surface area contributed by atoms with E-state index in [0.717, 1.165) is 42.4 Å². The summed E-state index contributed by atoms with van der Waals surface area (Å²) in [7, 11) is 0. The Kier molecular flexibility index (Phi) is 6.37. The summed E-state index contributed by atoms with van der Waals surface area (Å²) in [6, 6.07) is 9.76. The summed E-state index contributed by atoms with van der Waals surface area (Å²) in [6.45, 7) is -0.484. The van der Waals surface area contributed by atoms with Gasteiger partial charge in [0.1, 0.15) is 17.9 Å². The predicted molar refractivity (Wildman–Crippen MR) is 127 cm³/mol. The van der Waals surface area contributed by atoms with Gasteiger partial charge >= 0.3 is 6.18 Å². The van der Waals surface area contributed by atoms with E-state index in [4.69, 9.17) is 5.26 Å². The van der Waals surface area contributed by atoms with E-state index in [-0.39, 0.29) is 49.1 Å². The van der Waals surface area contributed by atoms with Crippen molar-refractivity contribution in [2.45, 2.75) is 43.9 Å². The van der Waals surface area contributed by atoms with Crippen molar-refractivity contribution < 1.29 is 31.9 Å². The SMILES string of the molecule is N#Cc1ccc(N2CC(=O)N(Cc3ccc(C(F)(F)F)cc3)C3(CCN(C(=O)C4CCC4)C3)C2=O)c(F)c1. The molecular formula is C27H24F4N4O3. The minimum Gasteiger partial charge on any atom is -0.339 e. The normalized spacial score (nSPS) is 22.1. The number of nitriles is 1. The second-order valence-corrected chi connectivity index (χ2v) is 10.0. The molecule has 0 bridgehead atoms. The Morgan fingerprint density at radius 3 is 2.39 bits per heavy atom. The Bertz CT molecular complexity index is 1330. The zero-order valence-electron chi connectivity index (χ0n) is 20.3. The van der Waals surface area contributed by atoms with E-state index in [1.54, 1.807) is 4.90 Å². The number of amides is 3. The molecule has 3 fully saturated rings. The summed E-state index contributed by atoms with van der Waals surface area (Å²) in [5.74, 6) is -2.15. The van der Waals surface area contributed by atoms with Crippen molar-refractivity contribution in [3.05, 3.63) is 65.0 Å². The maximum absolute atomic E-state index is 14.9. The number of alkyl halides is 3. The Morgan fingerprint density at radius 1 is 1.11 bits per heavy atom. The Balaban J connectivity index is 1.49. The molecule has 3 amide bonds. The smallest absolute Gasteiger partial charge is 0.339 e. The van der Waals surface area contributed by atoms with Crippen LogP contribution >= 0.6 is 0 Å². The van der Waals surface area contributed by atoms with Crippen LogP contribution in [0.3, 0.4) is 0 Å². The number of likely N-dealkylation sites (tertiary alicyclic amines) is 1. The van der Waals surface area contributed by atoms with E-state index in [2.05, 4.69) is 0 Å². The molecule has 0 radical (unpaired) electrons. The highest BCUT2D eigenvalue weighted by Crippen LogP contribution is 2.39. The summed E-state index contributed by atoms with van der Waals surface area (Å²) < 4.78 is 54.0. The fourth-order valence-electron chi connectivity index (χ4n) is 5.40. The van der Waals surface area contributed by atoms with Crippen molar-refractivity contribution >= 4 is 23.4 Å². The highest BCUT2D eigenvalue weighted by molar-refractivity contribution is 6.10. The number of halogens is 4. The maximum atomic E-state index is 14.9. The van der Waals surface area contributed by atoms with Crippen molar-refractivity contribution in [2.75, 3.05) is 24.5 Å². The average Bonchev–Trinajstić information content (AvgIpc) is 3.29. The summed E-state index contributed by atoms with van der Waals surface area (Å²) in [5, 5.41) is 9.05. The molecular weight excluding hydrogens is 504 g/mol. The van der Waals surface area contributed by atoms with Crippen molar-refractivity contribution in [3.8, 4) is 6.07 Å². The highest BCUT2D eigenvalue weighted by Gasteiger charge is 2.57. The van der Waals surface area contributed by atoms with Crippen molar-refractivity contribution in [3.63, 3.8) is 0 Å². The van der Waals surface area contributed by atoms with E-state index in [1.807, 2.05) is 6.07 Å². The number of rotatable bonds is 4. The second-order valence-electron chi connectivity index (χ2n) is 10.0. The molecule has 11 heteroatoms. The highest BCUT2D eigenvalue weighted by atomic mass is 19.4. The molecule has 1 spiro atoms. The van der Waals surface area contributed by atoms with E-state index < -0.39 is 41.5 Å². The fourth-order valence-corrected chi connectivity index (χ4v) is 5.40. The van der Waals surface area contributed by atoms with Gasteiger partial charge in [-0.15, -0.1) is 0 Å². The average molecular weight is 529 g/mol. The molecule has 1 aliphatic carbocycles. The lowest BCUT2D eigenvalue weighted by atomic mass is 9.84. The molecule has 2 aromatic rings. The molecule has 3 aliphatic rings. The number of nitrogens with zero attached hydrogens (tertiary/aromatic N) is 4. The van der Waals surface area contributed by atoms with Crippen LogP contribution in [0.1, 0.15) is 42.4 Å². The van der Waals surface area contributed by atoms with E-state index >= 15 is 0 Å². The number of carbonyl (C=O) groups is 3. The Hall–Kier alpha value is -3.94. The zero-order valence-corrected chi connectivity index (χ0v) is 20.3. The molecule has 38 heavy (non-hydrogen) atoms. The number of carbonyl (C=O) groups excluding carboxylic acids is 3. The zero-order chi connectivity index (χ0) is 27.2. The van der Waals surface area contributed by atoms with Gasteiger partial charge in [0.25, 0.3) is 5.91 Å². The van der Waals surface area contributed by atoms with Crippen LogP contribution in [0.2, 0.25) is 0 Å². The van der Waals surface area contributed by atoms with E-state index in [1.165, 1.54) is 29.2 Å². The Labute approximate surface area is 216 Å². The van der Waals surface area contributed by atoms with Crippen LogP contribution in [0.4, 0.5) is 23.2 Å². The van der Waals surface area contributed by atoms with Crippen LogP contribution in [0.25, 0.3) is 0 Å².